The van der Waals surface area contributed by atoms with E-state index in [9.17, 15) is 0 Å². The Kier molecular flexibility index (Phi) is 3.97. The van der Waals surface area contributed by atoms with Crippen LogP contribution in [0.3, 0.4) is 0 Å². The molecular formula is C12H18ClN. The molecule has 0 spiro atoms. The standard InChI is InChI=1S/C12H17N.ClH/c1-9-2-6-11(7-3-9)12(13)8-10-4-5-10;/h2-3,6-7,10,12H,4-5,8,13H2,1H3;1H/t12-;/m0./s1. The molecule has 1 aromatic carbocycles. The van der Waals surface area contributed by atoms with Crippen molar-refractivity contribution < 1.29 is 0 Å². The normalized spacial score (nSPS) is 17.3. The van der Waals surface area contributed by atoms with Crippen molar-refractivity contribution in [1.82, 2.24) is 0 Å². The summed E-state index contributed by atoms with van der Waals surface area (Å²) in [6.45, 7) is 2.11. The molecule has 1 aliphatic carbocycles. The average Bonchev–Trinajstić information content (AvgIpc) is 2.89. The largest absolute Gasteiger partial charge is 0.324 e. The molecule has 2 heteroatoms. The number of aryl methyl sites for hydroxylation is 1. The van der Waals surface area contributed by atoms with Crippen LogP contribution in [0.25, 0.3) is 0 Å². The van der Waals surface area contributed by atoms with Gasteiger partial charge in [-0.15, -0.1) is 12.4 Å². The number of halogens is 1. The number of hydrogen-bond donors (Lipinski definition) is 1. The van der Waals surface area contributed by atoms with E-state index in [-0.39, 0.29) is 18.4 Å². The van der Waals surface area contributed by atoms with Gasteiger partial charge in [0.05, 0.1) is 0 Å². The molecule has 0 aromatic heterocycles. The van der Waals surface area contributed by atoms with Crippen LogP contribution in [-0.4, -0.2) is 0 Å². The molecule has 1 nitrogen and oxygen atoms in total. The van der Waals surface area contributed by atoms with Crippen molar-refractivity contribution in [3.8, 4) is 0 Å². The van der Waals surface area contributed by atoms with Gasteiger partial charge in [-0.05, 0) is 24.8 Å². The maximum atomic E-state index is 6.09. The summed E-state index contributed by atoms with van der Waals surface area (Å²) in [6.07, 6.45) is 3.95. The molecule has 1 fully saturated rings. The van der Waals surface area contributed by atoms with Gasteiger partial charge in [-0.25, -0.2) is 0 Å². The average molecular weight is 212 g/mol. The Morgan fingerprint density at radius 3 is 2.36 bits per heavy atom. The highest BCUT2D eigenvalue weighted by Gasteiger charge is 2.24. The fraction of sp³-hybridized carbons (Fsp3) is 0.500. The van der Waals surface area contributed by atoms with Gasteiger partial charge in [0, 0.05) is 6.04 Å². The molecule has 0 bridgehead atoms. The number of rotatable bonds is 3. The van der Waals surface area contributed by atoms with Gasteiger partial charge in [-0.1, -0.05) is 42.7 Å². The fourth-order valence-electron chi connectivity index (χ4n) is 1.66. The van der Waals surface area contributed by atoms with Crippen LogP contribution >= 0.6 is 12.4 Å². The Labute approximate surface area is 92.1 Å². The molecule has 2 rings (SSSR count). The Bertz CT molecular complexity index is 277. The first kappa shape index (κ1) is 11.5. The van der Waals surface area contributed by atoms with Crippen LogP contribution in [0.2, 0.25) is 0 Å². The molecule has 0 aliphatic heterocycles. The molecule has 0 radical (unpaired) electrons. The monoisotopic (exact) mass is 211 g/mol. The van der Waals surface area contributed by atoms with Crippen LogP contribution in [-0.2, 0) is 0 Å². The lowest BCUT2D eigenvalue weighted by Gasteiger charge is -2.11. The second-order valence-electron chi connectivity index (χ2n) is 4.20. The Morgan fingerprint density at radius 2 is 1.86 bits per heavy atom. The van der Waals surface area contributed by atoms with Gasteiger partial charge in [-0.3, -0.25) is 0 Å². The molecule has 14 heavy (non-hydrogen) atoms. The molecule has 78 valence electrons. The molecule has 1 aliphatic rings. The number of nitrogens with two attached hydrogens (primary N) is 1. The minimum absolute atomic E-state index is 0. The lowest BCUT2D eigenvalue weighted by atomic mass is 10.0. The third-order valence-electron chi connectivity index (χ3n) is 2.79. The smallest absolute Gasteiger partial charge is 0.0297 e. The molecule has 0 saturated heterocycles. The maximum Gasteiger partial charge on any atom is 0.0297 e. The zero-order valence-electron chi connectivity index (χ0n) is 8.57. The molecule has 0 heterocycles. The lowest BCUT2D eigenvalue weighted by molar-refractivity contribution is 0.597. The molecule has 2 N–H and O–H groups in total. The van der Waals surface area contributed by atoms with Gasteiger partial charge in [0.1, 0.15) is 0 Å². The van der Waals surface area contributed by atoms with Gasteiger partial charge < -0.3 is 5.73 Å². The van der Waals surface area contributed by atoms with Gasteiger partial charge in [-0.2, -0.15) is 0 Å². The highest BCUT2D eigenvalue weighted by Crippen LogP contribution is 2.36. The van der Waals surface area contributed by atoms with Gasteiger partial charge in [0.2, 0.25) is 0 Å². The van der Waals surface area contributed by atoms with Crippen molar-refractivity contribution in [2.75, 3.05) is 0 Å². The van der Waals surface area contributed by atoms with Crippen molar-refractivity contribution in [3.05, 3.63) is 35.4 Å². The van der Waals surface area contributed by atoms with Crippen molar-refractivity contribution in [2.24, 2.45) is 11.7 Å². The number of hydrogen-bond acceptors (Lipinski definition) is 1. The maximum absolute atomic E-state index is 6.09. The van der Waals surface area contributed by atoms with Crippen LogP contribution in [0.15, 0.2) is 24.3 Å². The van der Waals surface area contributed by atoms with Crippen LogP contribution < -0.4 is 5.73 Å². The topological polar surface area (TPSA) is 26.0 Å². The quantitative estimate of drug-likeness (QED) is 0.817. The zero-order valence-corrected chi connectivity index (χ0v) is 9.39. The lowest BCUT2D eigenvalue weighted by Crippen LogP contribution is -2.10. The summed E-state index contributed by atoms with van der Waals surface area (Å²) in [5.74, 6) is 0.913. The van der Waals surface area contributed by atoms with E-state index in [0.29, 0.717) is 0 Å². The Hall–Kier alpha value is -0.530. The summed E-state index contributed by atoms with van der Waals surface area (Å²) in [5.41, 5.74) is 8.68. The van der Waals surface area contributed by atoms with Crippen molar-refractivity contribution in [3.63, 3.8) is 0 Å². The first-order valence-electron chi connectivity index (χ1n) is 5.08. The van der Waals surface area contributed by atoms with E-state index in [2.05, 4.69) is 31.2 Å². The Balaban J connectivity index is 0.000000980. The summed E-state index contributed by atoms with van der Waals surface area (Å²) < 4.78 is 0. The molecule has 1 saturated carbocycles. The van der Waals surface area contributed by atoms with Crippen LogP contribution in [0, 0.1) is 12.8 Å². The van der Waals surface area contributed by atoms with E-state index in [1.807, 2.05) is 0 Å². The van der Waals surface area contributed by atoms with E-state index in [0.717, 1.165) is 5.92 Å². The highest BCUT2D eigenvalue weighted by molar-refractivity contribution is 5.85. The summed E-state index contributed by atoms with van der Waals surface area (Å²) in [5, 5.41) is 0. The predicted octanol–water partition coefficient (Wildman–Crippen LogP) is 3.22. The summed E-state index contributed by atoms with van der Waals surface area (Å²) in [7, 11) is 0. The molecule has 0 amide bonds. The second kappa shape index (κ2) is 4.81. The van der Waals surface area contributed by atoms with Gasteiger partial charge in [0.15, 0.2) is 0 Å². The SMILES string of the molecule is Cc1ccc([C@@H](N)CC2CC2)cc1.Cl. The summed E-state index contributed by atoms with van der Waals surface area (Å²) in [4.78, 5) is 0. The molecular weight excluding hydrogens is 194 g/mol. The van der Waals surface area contributed by atoms with E-state index in [1.165, 1.54) is 30.4 Å². The summed E-state index contributed by atoms with van der Waals surface area (Å²) >= 11 is 0. The van der Waals surface area contributed by atoms with E-state index < -0.39 is 0 Å². The zero-order chi connectivity index (χ0) is 9.26. The van der Waals surface area contributed by atoms with Crippen LogP contribution in [0.4, 0.5) is 0 Å². The first-order valence-corrected chi connectivity index (χ1v) is 5.08. The van der Waals surface area contributed by atoms with Crippen molar-refractivity contribution in [2.45, 2.75) is 32.2 Å². The second-order valence-corrected chi connectivity index (χ2v) is 4.20. The predicted molar refractivity (Wildman–Crippen MR) is 62.7 cm³/mol. The molecule has 1 atom stereocenters. The third-order valence-corrected chi connectivity index (χ3v) is 2.79. The summed E-state index contributed by atoms with van der Waals surface area (Å²) in [6, 6.07) is 8.85. The highest BCUT2D eigenvalue weighted by atomic mass is 35.5. The van der Waals surface area contributed by atoms with Crippen LogP contribution in [0.5, 0.6) is 0 Å². The van der Waals surface area contributed by atoms with Gasteiger partial charge in [0.25, 0.3) is 0 Å². The van der Waals surface area contributed by atoms with E-state index in [1.54, 1.807) is 0 Å². The Morgan fingerprint density at radius 1 is 1.29 bits per heavy atom. The van der Waals surface area contributed by atoms with Crippen molar-refractivity contribution in [1.29, 1.82) is 0 Å². The van der Waals surface area contributed by atoms with E-state index in [4.69, 9.17) is 5.73 Å². The number of benzene rings is 1. The fourth-order valence-corrected chi connectivity index (χ4v) is 1.66. The van der Waals surface area contributed by atoms with Crippen LogP contribution in [0.1, 0.15) is 36.4 Å². The third kappa shape index (κ3) is 3.00. The minimum atomic E-state index is 0. The minimum Gasteiger partial charge on any atom is -0.324 e. The van der Waals surface area contributed by atoms with Crippen molar-refractivity contribution >= 4 is 12.4 Å². The van der Waals surface area contributed by atoms with Gasteiger partial charge >= 0.3 is 0 Å². The molecule has 1 aromatic rings. The molecule has 0 unspecified atom stereocenters. The van der Waals surface area contributed by atoms with E-state index >= 15 is 0 Å². The first-order chi connectivity index (χ1) is 6.25.